The van der Waals surface area contributed by atoms with Gasteiger partial charge in [0.15, 0.2) is 0 Å². The van der Waals surface area contributed by atoms with Crippen LogP contribution in [0.3, 0.4) is 0 Å². The third kappa shape index (κ3) is 1.61. The first-order valence-electron chi connectivity index (χ1n) is 6.12. The van der Waals surface area contributed by atoms with Gasteiger partial charge >= 0.3 is 5.97 Å². The Labute approximate surface area is 100 Å². The van der Waals surface area contributed by atoms with Crippen LogP contribution in [-0.2, 0) is 9.53 Å². The van der Waals surface area contributed by atoms with Crippen LogP contribution >= 0.6 is 0 Å². The molecule has 1 saturated heterocycles. The van der Waals surface area contributed by atoms with E-state index in [2.05, 4.69) is 13.0 Å². The summed E-state index contributed by atoms with van der Waals surface area (Å²) in [5, 5.41) is 0. The van der Waals surface area contributed by atoms with Crippen molar-refractivity contribution in [3.63, 3.8) is 0 Å². The second-order valence-electron chi connectivity index (χ2n) is 4.98. The first-order valence-corrected chi connectivity index (χ1v) is 6.12. The van der Waals surface area contributed by atoms with Crippen LogP contribution < -0.4 is 0 Å². The minimum atomic E-state index is -0.109. The number of carbonyl (C=O) groups excluding carboxylic acids is 1. The molecule has 1 aliphatic heterocycles. The van der Waals surface area contributed by atoms with Crippen molar-refractivity contribution in [2.75, 3.05) is 0 Å². The topological polar surface area (TPSA) is 39.4 Å². The third-order valence-electron chi connectivity index (χ3n) is 3.76. The van der Waals surface area contributed by atoms with Gasteiger partial charge in [-0.2, -0.15) is 0 Å². The van der Waals surface area contributed by atoms with E-state index in [1.165, 1.54) is 0 Å². The van der Waals surface area contributed by atoms with Crippen molar-refractivity contribution in [1.29, 1.82) is 0 Å². The summed E-state index contributed by atoms with van der Waals surface area (Å²) < 4.78 is 11.1. The lowest BCUT2D eigenvalue weighted by Gasteiger charge is -2.11. The lowest BCUT2D eigenvalue weighted by Crippen LogP contribution is -2.07. The molecular formula is C14H16O3. The summed E-state index contributed by atoms with van der Waals surface area (Å²) in [6.45, 7) is 4.07. The SMILES string of the molecule is C/C1=C/CCC2C[C@@H](OC2=O)c2c(C)coc21. The van der Waals surface area contributed by atoms with Crippen LogP contribution in [-0.4, -0.2) is 5.97 Å². The second-order valence-corrected chi connectivity index (χ2v) is 4.98. The molecule has 1 aromatic rings. The predicted octanol–water partition coefficient (Wildman–Crippen LogP) is 3.39. The fourth-order valence-electron chi connectivity index (χ4n) is 2.80. The molecule has 3 rings (SSSR count). The van der Waals surface area contributed by atoms with E-state index >= 15 is 0 Å². The van der Waals surface area contributed by atoms with Crippen molar-refractivity contribution < 1.29 is 13.9 Å². The molecule has 0 aromatic carbocycles. The molecule has 2 aliphatic rings. The molecule has 0 spiro atoms. The van der Waals surface area contributed by atoms with Gasteiger partial charge in [-0.15, -0.1) is 0 Å². The van der Waals surface area contributed by atoms with Crippen molar-refractivity contribution in [3.8, 4) is 0 Å². The Kier molecular flexibility index (Phi) is 2.35. The number of aryl methyl sites for hydroxylation is 1. The van der Waals surface area contributed by atoms with Crippen LogP contribution in [0.2, 0.25) is 0 Å². The molecular weight excluding hydrogens is 216 g/mol. The van der Waals surface area contributed by atoms with Gasteiger partial charge in [0.05, 0.1) is 12.2 Å². The average molecular weight is 232 g/mol. The highest BCUT2D eigenvalue weighted by molar-refractivity contribution is 5.76. The zero-order valence-corrected chi connectivity index (χ0v) is 10.2. The normalized spacial score (nSPS) is 30.7. The van der Waals surface area contributed by atoms with Gasteiger partial charge in [-0.25, -0.2) is 0 Å². The molecule has 1 unspecified atom stereocenters. The van der Waals surface area contributed by atoms with Gasteiger partial charge in [-0.3, -0.25) is 4.79 Å². The fourth-order valence-corrected chi connectivity index (χ4v) is 2.80. The number of allylic oxidation sites excluding steroid dienone is 2. The van der Waals surface area contributed by atoms with E-state index in [9.17, 15) is 4.79 Å². The van der Waals surface area contributed by atoms with Gasteiger partial charge in [0.2, 0.25) is 0 Å². The smallest absolute Gasteiger partial charge is 0.309 e. The third-order valence-corrected chi connectivity index (χ3v) is 3.76. The van der Waals surface area contributed by atoms with Gasteiger partial charge in [0.1, 0.15) is 11.9 Å². The lowest BCUT2D eigenvalue weighted by atomic mass is 9.96. The molecule has 3 nitrogen and oxygen atoms in total. The van der Waals surface area contributed by atoms with E-state index in [-0.39, 0.29) is 18.0 Å². The highest BCUT2D eigenvalue weighted by atomic mass is 16.6. The minimum Gasteiger partial charge on any atom is -0.464 e. The molecule has 1 fully saturated rings. The van der Waals surface area contributed by atoms with Crippen LogP contribution in [0.25, 0.3) is 5.57 Å². The van der Waals surface area contributed by atoms with Crippen molar-refractivity contribution >= 4 is 11.5 Å². The number of rotatable bonds is 0. The van der Waals surface area contributed by atoms with Crippen LogP contribution in [0.15, 0.2) is 16.8 Å². The number of hydrogen-bond acceptors (Lipinski definition) is 3. The molecule has 2 atom stereocenters. The van der Waals surface area contributed by atoms with Crippen molar-refractivity contribution in [1.82, 2.24) is 0 Å². The second kappa shape index (κ2) is 3.76. The van der Waals surface area contributed by atoms with Crippen molar-refractivity contribution in [2.45, 2.75) is 39.2 Å². The quantitative estimate of drug-likeness (QED) is 0.644. The van der Waals surface area contributed by atoms with E-state index < -0.39 is 0 Å². The maximum absolute atomic E-state index is 11.7. The number of furan rings is 1. The molecule has 1 aromatic heterocycles. The summed E-state index contributed by atoms with van der Waals surface area (Å²) >= 11 is 0. The Morgan fingerprint density at radius 2 is 2.18 bits per heavy atom. The summed E-state index contributed by atoms with van der Waals surface area (Å²) in [4.78, 5) is 11.7. The Bertz CT molecular complexity index is 496. The molecule has 90 valence electrons. The minimum absolute atomic E-state index is 0.0468. The molecule has 2 bridgehead atoms. The van der Waals surface area contributed by atoms with Crippen LogP contribution in [0.1, 0.15) is 49.2 Å². The zero-order chi connectivity index (χ0) is 12.0. The summed E-state index contributed by atoms with van der Waals surface area (Å²) in [6, 6.07) is 0. The Morgan fingerprint density at radius 3 is 3.00 bits per heavy atom. The number of ether oxygens (including phenoxy) is 1. The summed E-state index contributed by atoms with van der Waals surface area (Å²) in [7, 11) is 0. The summed E-state index contributed by atoms with van der Waals surface area (Å²) in [6.07, 6.45) is 6.41. The van der Waals surface area contributed by atoms with Crippen molar-refractivity contribution in [3.05, 3.63) is 29.2 Å². The first-order chi connectivity index (χ1) is 8.16. The van der Waals surface area contributed by atoms with E-state index in [4.69, 9.17) is 9.15 Å². The molecule has 0 amide bonds. The van der Waals surface area contributed by atoms with Crippen molar-refractivity contribution in [2.24, 2.45) is 5.92 Å². The van der Waals surface area contributed by atoms with Gasteiger partial charge < -0.3 is 9.15 Å². The first kappa shape index (κ1) is 10.6. The highest BCUT2D eigenvalue weighted by Crippen LogP contribution is 2.42. The zero-order valence-electron chi connectivity index (χ0n) is 10.2. The maximum atomic E-state index is 11.7. The van der Waals surface area contributed by atoms with Gasteiger partial charge in [-0.1, -0.05) is 6.08 Å². The molecule has 1 aliphatic carbocycles. The lowest BCUT2D eigenvalue weighted by molar-refractivity contribution is -0.144. The van der Waals surface area contributed by atoms with Gasteiger partial charge in [-0.05, 0) is 37.8 Å². The Morgan fingerprint density at radius 1 is 1.35 bits per heavy atom. The Hall–Kier alpha value is -1.51. The predicted molar refractivity (Wildman–Crippen MR) is 63.3 cm³/mol. The van der Waals surface area contributed by atoms with Crippen LogP contribution in [0, 0.1) is 12.8 Å². The highest BCUT2D eigenvalue weighted by Gasteiger charge is 2.38. The fraction of sp³-hybridized carbons (Fsp3) is 0.500. The molecule has 3 heteroatoms. The van der Waals surface area contributed by atoms with Gasteiger partial charge in [0.25, 0.3) is 0 Å². The number of fused-ring (bicyclic) bond motifs is 4. The largest absolute Gasteiger partial charge is 0.464 e. The standard InChI is InChI=1S/C14H16O3/c1-8-4-3-5-10-6-11(17-14(10)15)12-9(2)7-16-13(8)12/h4,7,10-11H,3,5-6H2,1-2H3/b8-4-/t10?,11-/m1/s1. The number of carbonyl (C=O) groups is 1. The summed E-state index contributed by atoms with van der Waals surface area (Å²) in [5.74, 6) is 0.904. The molecule has 0 radical (unpaired) electrons. The van der Waals surface area contributed by atoms with E-state index in [0.717, 1.165) is 41.7 Å². The van der Waals surface area contributed by atoms with E-state index in [0.29, 0.717) is 0 Å². The maximum Gasteiger partial charge on any atom is 0.309 e. The molecule has 0 N–H and O–H groups in total. The molecule has 2 heterocycles. The molecule has 0 saturated carbocycles. The van der Waals surface area contributed by atoms with E-state index in [1.54, 1.807) is 6.26 Å². The average Bonchev–Trinajstić information content (AvgIpc) is 2.83. The van der Waals surface area contributed by atoms with E-state index in [1.807, 2.05) is 6.92 Å². The number of hydrogen-bond donors (Lipinski definition) is 0. The number of esters is 1. The van der Waals surface area contributed by atoms with Gasteiger partial charge in [0, 0.05) is 12.0 Å². The van der Waals surface area contributed by atoms with Crippen LogP contribution in [0.4, 0.5) is 0 Å². The Balaban J connectivity index is 2.12. The van der Waals surface area contributed by atoms with Crippen LogP contribution in [0.5, 0.6) is 0 Å². The monoisotopic (exact) mass is 232 g/mol. The molecule has 17 heavy (non-hydrogen) atoms. The summed E-state index contributed by atoms with van der Waals surface area (Å²) in [5.41, 5.74) is 3.29.